The first-order chi connectivity index (χ1) is 17.4. The van der Waals surface area contributed by atoms with E-state index in [1.165, 1.54) is 17.2 Å². The number of carbonyl (C=O) groups excluding carboxylic acids is 2. The highest BCUT2D eigenvalue weighted by molar-refractivity contribution is 6.22. The fourth-order valence-electron chi connectivity index (χ4n) is 7.31. The minimum Gasteiger partial charge on any atom is -0.508 e. The van der Waals surface area contributed by atoms with Crippen molar-refractivity contribution >= 4 is 11.7 Å². The zero-order valence-corrected chi connectivity index (χ0v) is 23.2. The largest absolute Gasteiger partial charge is 0.508 e. The van der Waals surface area contributed by atoms with Gasteiger partial charge in [0, 0.05) is 18.3 Å². The summed E-state index contributed by atoms with van der Waals surface area (Å²) in [5, 5.41) is 23.5. The molecule has 3 aliphatic rings. The Labute approximate surface area is 221 Å². The third-order valence-corrected chi connectivity index (χ3v) is 9.06. The average Bonchev–Trinajstić information content (AvgIpc) is 3.12. The van der Waals surface area contributed by atoms with Crippen molar-refractivity contribution in [3.8, 4) is 5.75 Å². The van der Waals surface area contributed by atoms with Crippen LogP contribution in [0.4, 0.5) is 0 Å². The molecule has 1 aliphatic heterocycles. The zero-order chi connectivity index (χ0) is 27.1. The topological polar surface area (TPSA) is 86.6 Å². The second-order valence-electron chi connectivity index (χ2n) is 12.3. The molecule has 0 radical (unpaired) electrons. The molecular formula is C32H43NO4. The number of carbonyl (C=O) groups is 2. The third-order valence-electron chi connectivity index (χ3n) is 9.06. The highest BCUT2D eigenvalue weighted by atomic mass is 16.3. The summed E-state index contributed by atoms with van der Waals surface area (Å²) in [5.74, 6) is 0.236. The Balaban J connectivity index is 1.73. The Morgan fingerprint density at radius 3 is 2.54 bits per heavy atom. The van der Waals surface area contributed by atoms with Crippen molar-refractivity contribution in [3.63, 3.8) is 0 Å². The van der Waals surface area contributed by atoms with Crippen molar-refractivity contribution < 1.29 is 19.8 Å². The number of hydrogen-bond donors (Lipinski definition) is 3. The van der Waals surface area contributed by atoms with Crippen LogP contribution in [0.15, 0.2) is 59.2 Å². The van der Waals surface area contributed by atoms with Gasteiger partial charge in [-0.2, -0.15) is 0 Å². The van der Waals surface area contributed by atoms with Gasteiger partial charge in [0.05, 0.1) is 5.57 Å². The average molecular weight is 506 g/mol. The van der Waals surface area contributed by atoms with Gasteiger partial charge in [0.25, 0.3) is 5.91 Å². The van der Waals surface area contributed by atoms with Gasteiger partial charge in [-0.15, -0.1) is 0 Å². The molecule has 1 amide bonds. The number of aromatic hydroxyl groups is 1. The maximum absolute atomic E-state index is 14.4. The molecule has 1 aromatic carbocycles. The van der Waals surface area contributed by atoms with E-state index < -0.39 is 11.6 Å². The van der Waals surface area contributed by atoms with Gasteiger partial charge in [-0.1, -0.05) is 76.0 Å². The lowest BCUT2D eigenvalue weighted by Crippen LogP contribution is -2.48. The van der Waals surface area contributed by atoms with Crippen LogP contribution in [0.3, 0.4) is 0 Å². The molecule has 5 heteroatoms. The Kier molecular flexibility index (Phi) is 7.58. The number of phenolic OH excluding ortho intramolecular Hbond substituents is 1. The van der Waals surface area contributed by atoms with E-state index in [0.29, 0.717) is 11.8 Å². The molecule has 2 aliphatic carbocycles. The summed E-state index contributed by atoms with van der Waals surface area (Å²) in [6, 6.07) is 6.50. The van der Waals surface area contributed by atoms with Gasteiger partial charge in [0.2, 0.25) is 0 Å². The number of allylic oxidation sites excluding steroid dienone is 4. The van der Waals surface area contributed by atoms with Gasteiger partial charge in [-0.3, -0.25) is 9.59 Å². The Hall–Kier alpha value is -2.66. The van der Waals surface area contributed by atoms with E-state index in [0.717, 1.165) is 31.2 Å². The Bertz CT molecular complexity index is 1150. The number of nitrogens with one attached hydrogen (secondary N) is 1. The number of benzene rings is 1. The van der Waals surface area contributed by atoms with Gasteiger partial charge in [-0.05, 0) is 73.6 Å². The van der Waals surface area contributed by atoms with Gasteiger partial charge in [0.15, 0.2) is 11.5 Å². The molecule has 1 fully saturated rings. The molecule has 200 valence electrons. The maximum atomic E-state index is 14.4. The van der Waals surface area contributed by atoms with Gasteiger partial charge in [-0.25, -0.2) is 0 Å². The Morgan fingerprint density at radius 2 is 1.89 bits per heavy atom. The molecule has 4 rings (SSSR count). The van der Waals surface area contributed by atoms with Crippen LogP contribution in [0.25, 0.3) is 0 Å². The predicted molar refractivity (Wildman–Crippen MR) is 147 cm³/mol. The van der Waals surface area contributed by atoms with Crippen molar-refractivity contribution in [3.05, 3.63) is 64.8 Å². The molecule has 7 atom stereocenters. The molecule has 1 saturated carbocycles. The summed E-state index contributed by atoms with van der Waals surface area (Å²) in [4.78, 5) is 27.5. The zero-order valence-electron chi connectivity index (χ0n) is 23.2. The highest BCUT2D eigenvalue weighted by Gasteiger charge is 2.53. The standard InChI is InChI=1S/C32H43NO4/c1-7-19(2)14-21(4)27-22(5)16-31(6)15-20(3)8-13-26(31)28(27)29(35)25-18-32(37,33-30(25)36)17-23-9-11-24(34)12-10-23/h9-12,14,16,18-20,26-28,34,37H,7-8,13,15,17H2,1-6H3,(H,33,36)/b21-14+/t19-,20+,26-,27+,28+,31-,32-/m1/s1. The molecule has 3 N–H and O–H groups in total. The minimum absolute atomic E-state index is 0.0486. The van der Waals surface area contributed by atoms with Crippen molar-refractivity contribution in [2.45, 2.75) is 79.4 Å². The molecule has 5 nitrogen and oxygen atoms in total. The first-order valence-electron chi connectivity index (χ1n) is 13.8. The second kappa shape index (κ2) is 10.2. The Morgan fingerprint density at radius 1 is 1.22 bits per heavy atom. The fourth-order valence-corrected chi connectivity index (χ4v) is 7.31. The van der Waals surface area contributed by atoms with Crippen LogP contribution in [0.1, 0.15) is 72.8 Å². The highest BCUT2D eigenvalue weighted by Crippen LogP contribution is 2.56. The summed E-state index contributed by atoms with van der Waals surface area (Å²) >= 11 is 0. The number of phenols is 1. The molecule has 1 heterocycles. The molecule has 1 aromatic rings. The van der Waals surface area contributed by atoms with E-state index in [9.17, 15) is 19.8 Å². The third kappa shape index (κ3) is 5.47. The first-order valence-corrected chi connectivity index (χ1v) is 13.8. The summed E-state index contributed by atoms with van der Waals surface area (Å²) in [6.45, 7) is 13.2. The SMILES string of the molecule is CC[C@@H](C)/C=C(\C)[C@H]1C(C)=C[C@@]2(C)C[C@@H](C)CC[C@@H]2[C@@H]1C(=O)C1=C[C@](O)(Cc2ccc(O)cc2)NC1=O. The molecule has 0 aromatic heterocycles. The van der Waals surface area contributed by atoms with Crippen LogP contribution in [0.5, 0.6) is 5.75 Å². The maximum Gasteiger partial charge on any atom is 0.257 e. The first kappa shape index (κ1) is 27.4. The predicted octanol–water partition coefficient (Wildman–Crippen LogP) is 5.88. The quantitative estimate of drug-likeness (QED) is 0.319. The van der Waals surface area contributed by atoms with Crippen molar-refractivity contribution in [2.24, 2.45) is 35.0 Å². The van der Waals surface area contributed by atoms with Crippen molar-refractivity contribution in [1.82, 2.24) is 5.32 Å². The van der Waals surface area contributed by atoms with Gasteiger partial charge >= 0.3 is 0 Å². The molecule has 0 unspecified atom stereocenters. The number of amides is 1. The molecular weight excluding hydrogens is 462 g/mol. The van der Waals surface area contributed by atoms with E-state index >= 15 is 0 Å². The molecule has 0 bridgehead atoms. The summed E-state index contributed by atoms with van der Waals surface area (Å²) in [7, 11) is 0. The van der Waals surface area contributed by atoms with Crippen LogP contribution >= 0.6 is 0 Å². The van der Waals surface area contributed by atoms with Crippen LogP contribution in [0, 0.1) is 35.0 Å². The van der Waals surface area contributed by atoms with Crippen LogP contribution in [0.2, 0.25) is 0 Å². The van der Waals surface area contributed by atoms with Crippen LogP contribution in [-0.4, -0.2) is 27.6 Å². The molecule has 0 spiro atoms. The number of aliphatic hydroxyl groups is 1. The smallest absolute Gasteiger partial charge is 0.257 e. The molecule has 0 saturated heterocycles. The van der Waals surface area contributed by atoms with Crippen molar-refractivity contribution in [2.75, 3.05) is 0 Å². The van der Waals surface area contributed by atoms with Crippen molar-refractivity contribution in [1.29, 1.82) is 0 Å². The number of Topliss-reactive ketones (excluding diaryl/α,β-unsaturated/α-hetero) is 1. The number of hydrogen-bond acceptors (Lipinski definition) is 4. The van der Waals surface area contributed by atoms with Crippen LogP contribution in [-0.2, 0) is 16.0 Å². The summed E-state index contributed by atoms with van der Waals surface area (Å²) in [5.41, 5.74) is 1.50. The number of fused-ring (bicyclic) bond motifs is 1. The normalized spacial score (nSPS) is 34.8. The summed E-state index contributed by atoms with van der Waals surface area (Å²) in [6.07, 6.45) is 10.4. The number of ketones is 1. The van der Waals surface area contributed by atoms with Gasteiger partial charge in [0.1, 0.15) is 5.75 Å². The monoisotopic (exact) mass is 505 g/mol. The van der Waals surface area contributed by atoms with Crippen LogP contribution < -0.4 is 5.32 Å². The second-order valence-corrected chi connectivity index (χ2v) is 12.3. The minimum atomic E-state index is -1.64. The van der Waals surface area contributed by atoms with E-state index in [1.54, 1.807) is 24.3 Å². The fraction of sp³-hybridized carbons (Fsp3) is 0.562. The lowest BCUT2D eigenvalue weighted by molar-refractivity contribution is -0.129. The van der Waals surface area contributed by atoms with Gasteiger partial charge < -0.3 is 15.5 Å². The van der Waals surface area contributed by atoms with E-state index in [1.807, 2.05) is 0 Å². The number of rotatable bonds is 7. The lowest BCUT2D eigenvalue weighted by Gasteiger charge is -2.52. The van der Waals surface area contributed by atoms with E-state index in [2.05, 4.69) is 59.0 Å². The molecule has 37 heavy (non-hydrogen) atoms. The summed E-state index contributed by atoms with van der Waals surface area (Å²) < 4.78 is 0. The van der Waals surface area contributed by atoms with E-state index in [-0.39, 0.29) is 46.7 Å². The van der Waals surface area contributed by atoms with E-state index in [4.69, 9.17) is 0 Å². The lowest BCUT2D eigenvalue weighted by atomic mass is 9.52.